The van der Waals surface area contributed by atoms with Crippen LogP contribution in [-0.2, 0) is 6.42 Å². The van der Waals surface area contributed by atoms with Crippen molar-refractivity contribution < 1.29 is 0 Å². The number of benzene rings is 1. The normalized spacial score (nSPS) is 12.9. The Morgan fingerprint density at radius 3 is 2.69 bits per heavy atom. The molecule has 0 aliphatic carbocycles. The minimum absolute atomic E-state index is 0.103. The number of nitrogens with two attached hydrogens (primary N) is 2. The van der Waals surface area contributed by atoms with Crippen LogP contribution in [0, 0.1) is 0 Å². The smallest absolute Gasteiger partial charge is 0.0441 e. The van der Waals surface area contributed by atoms with E-state index in [-0.39, 0.29) is 6.04 Å². The summed E-state index contributed by atoms with van der Waals surface area (Å²) >= 11 is 6.03. The number of halogens is 1. The van der Waals surface area contributed by atoms with Gasteiger partial charge in [-0.15, -0.1) is 0 Å². The highest BCUT2D eigenvalue weighted by Crippen LogP contribution is 2.23. The third-order valence-electron chi connectivity index (χ3n) is 2.16. The first-order valence-corrected chi connectivity index (χ1v) is 4.81. The summed E-state index contributed by atoms with van der Waals surface area (Å²) in [7, 11) is 0. The molecule has 0 aliphatic heterocycles. The van der Waals surface area contributed by atoms with Crippen LogP contribution in [0.4, 0.5) is 0 Å². The van der Waals surface area contributed by atoms with Crippen molar-refractivity contribution in [1.82, 2.24) is 0 Å². The molecule has 0 spiro atoms. The monoisotopic (exact) mass is 198 g/mol. The summed E-state index contributed by atoms with van der Waals surface area (Å²) in [5.74, 6) is 0. The Kier molecular flexibility index (Phi) is 3.72. The highest BCUT2D eigenvalue weighted by molar-refractivity contribution is 6.31. The fraction of sp³-hybridized carbons (Fsp3) is 0.400. The highest BCUT2D eigenvalue weighted by atomic mass is 35.5. The highest BCUT2D eigenvalue weighted by Gasteiger charge is 2.10. The minimum atomic E-state index is -0.103. The van der Waals surface area contributed by atoms with Gasteiger partial charge < -0.3 is 11.5 Å². The molecule has 0 heterocycles. The molecule has 0 saturated heterocycles. The van der Waals surface area contributed by atoms with Gasteiger partial charge in [-0.05, 0) is 23.6 Å². The predicted molar refractivity (Wildman–Crippen MR) is 56.8 cm³/mol. The summed E-state index contributed by atoms with van der Waals surface area (Å²) in [5, 5.41) is 0.781. The third-order valence-corrected chi connectivity index (χ3v) is 2.52. The molecular formula is C10H15ClN2. The zero-order valence-corrected chi connectivity index (χ0v) is 8.51. The van der Waals surface area contributed by atoms with Gasteiger partial charge in [0.05, 0.1) is 0 Å². The summed E-state index contributed by atoms with van der Waals surface area (Å²) in [6, 6.07) is 5.68. The molecule has 1 unspecified atom stereocenters. The second kappa shape index (κ2) is 4.61. The van der Waals surface area contributed by atoms with Crippen molar-refractivity contribution in [2.75, 3.05) is 6.54 Å². The molecule has 0 aliphatic rings. The molecule has 3 heteroatoms. The predicted octanol–water partition coefficient (Wildman–Crippen LogP) is 1.86. The lowest BCUT2D eigenvalue weighted by Crippen LogP contribution is -2.22. The van der Waals surface area contributed by atoms with Crippen molar-refractivity contribution in [1.29, 1.82) is 0 Å². The topological polar surface area (TPSA) is 52.0 Å². The summed E-state index contributed by atoms with van der Waals surface area (Å²) in [5.41, 5.74) is 13.5. The van der Waals surface area contributed by atoms with Crippen molar-refractivity contribution in [2.45, 2.75) is 19.4 Å². The molecule has 1 aromatic carbocycles. The first kappa shape index (κ1) is 10.5. The van der Waals surface area contributed by atoms with Crippen LogP contribution < -0.4 is 11.5 Å². The Hall–Kier alpha value is -0.570. The van der Waals surface area contributed by atoms with Crippen LogP contribution in [0.15, 0.2) is 18.2 Å². The molecule has 1 rings (SSSR count). The van der Waals surface area contributed by atoms with Crippen molar-refractivity contribution >= 4 is 11.6 Å². The SMILES string of the molecule is CCc1c(Cl)cccc1C(N)CN. The largest absolute Gasteiger partial charge is 0.329 e. The number of rotatable bonds is 3. The Balaban J connectivity index is 3.12. The average molecular weight is 199 g/mol. The van der Waals surface area contributed by atoms with E-state index in [9.17, 15) is 0 Å². The van der Waals surface area contributed by atoms with Crippen LogP contribution in [0.25, 0.3) is 0 Å². The van der Waals surface area contributed by atoms with Crippen LogP contribution in [0.3, 0.4) is 0 Å². The lowest BCUT2D eigenvalue weighted by molar-refractivity contribution is 0.727. The van der Waals surface area contributed by atoms with E-state index >= 15 is 0 Å². The van der Waals surface area contributed by atoms with E-state index in [1.807, 2.05) is 18.2 Å². The van der Waals surface area contributed by atoms with Gasteiger partial charge >= 0.3 is 0 Å². The molecule has 72 valence electrons. The lowest BCUT2D eigenvalue weighted by atomic mass is 9.99. The Labute approximate surface area is 83.9 Å². The van der Waals surface area contributed by atoms with E-state index in [0.717, 1.165) is 22.6 Å². The molecular weight excluding hydrogens is 184 g/mol. The second-order valence-corrected chi connectivity index (χ2v) is 3.41. The average Bonchev–Trinajstić information content (AvgIpc) is 2.16. The van der Waals surface area contributed by atoms with Gasteiger partial charge in [0.1, 0.15) is 0 Å². The molecule has 0 fully saturated rings. The van der Waals surface area contributed by atoms with E-state index in [1.54, 1.807) is 0 Å². The molecule has 0 radical (unpaired) electrons. The lowest BCUT2D eigenvalue weighted by Gasteiger charge is -2.14. The van der Waals surface area contributed by atoms with Crippen molar-refractivity contribution in [3.8, 4) is 0 Å². The van der Waals surface area contributed by atoms with Gasteiger partial charge in [0.25, 0.3) is 0 Å². The van der Waals surface area contributed by atoms with Crippen molar-refractivity contribution in [3.05, 3.63) is 34.3 Å². The fourth-order valence-electron chi connectivity index (χ4n) is 1.42. The number of hydrogen-bond donors (Lipinski definition) is 2. The van der Waals surface area contributed by atoms with Gasteiger partial charge in [-0.2, -0.15) is 0 Å². The molecule has 0 amide bonds. The Bertz CT molecular complexity index is 286. The summed E-state index contributed by atoms with van der Waals surface area (Å²) in [4.78, 5) is 0. The van der Waals surface area contributed by atoms with Gasteiger partial charge in [-0.3, -0.25) is 0 Å². The first-order chi connectivity index (χ1) is 6.20. The maximum atomic E-state index is 6.03. The summed E-state index contributed by atoms with van der Waals surface area (Å²) < 4.78 is 0. The zero-order valence-electron chi connectivity index (χ0n) is 7.76. The molecule has 13 heavy (non-hydrogen) atoms. The second-order valence-electron chi connectivity index (χ2n) is 3.00. The molecule has 1 atom stereocenters. The molecule has 0 saturated carbocycles. The van der Waals surface area contributed by atoms with Crippen LogP contribution in [0.5, 0.6) is 0 Å². The first-order valence-electron chi connectivity index (χ1n) is 4.43. The Morgan fingerprint density at radius 2 is 2.15 bits per heavy atom. The number of hydrogen-bond acceptors (Lipinski definition) is 2. The van der Waals surface area contributed by atoms with Gasteiger partial charge in [-0.25, -0.2) is 0 Å². The maximum Gasteiger partial charge on any atom is 0.0441 e. The van der Waals surface area contributed by atoms with Gasteiger partial charge in [0.2, 0.25) is 0 Å². The van der Waals surface area contributed by atoms with Gasteiger partial charge in [0.15, 0.2) is 0 Å². The standard InChI is InChI=1S/C10H15ClN2/c1-2-7-8(10(13)6-12)4-3-5-9(7)11/h3-5,10H,2,6,12-13H2,1H3. The maximum absolute atomic E-state index is 6.03. The molecule has 0 bridgehead atoms. The van der Waals surface area contributed by atoms with Crippen molar-refractivity contribution in [3.63, 3.8) is 0 Å². The minimum Gasteiger partial charge on any atom is -0.329 e. The quantitative estimate of drug-likeness (QED) is 0.779. The van der Waals surface area contributed by atoms with Gasteiger partial charge in [-0.1, -0.05) is 30.7 Å². The van der Waals surface area contributed by atoms with Crippen LogP contribution >= 0.6 is 11.6 Å². The molecule has 0 aromatic heterocycles. The van der Waals surface area contributed by atoms with E-state index in [2.05, 4.69) is 6.92 Å². The van der Waals surface area contributed by atoms with E-state index in [4.69, 9.17) is 23.1 Å². The molecule has 2 nitrogen and oxygen atoms in total. The van der Waals surface area contributed by atoms with Crippen LogP contribution in [-0.4, -0.2) is 6.54 Å². The van der Waals surface area contributed by atoms with E-state index in [0.29, 0.717) is 6.54 Å². The van der Waals surface area contributed by atoms with Crippen LogP contribution in [0.2, 0.25) is 5.02 Å². The summed E-state index contributed by atoms with van der Waals surface area (Å²) in [6.07, 6.45) is 0.892. The molecule has 4 N–H and O–H groups in total. The zero-order chi connectivity index (χ0) is 9.84. The van der Waals surface area contributed by atoms with Crippen molar-refractivity contribution in [2.24, 2.45) is 11.5 Å². The molecule has 1 aromatic rings. The fourth-order valence-corrected chi connectivity index (χ4v) is 1.74. The Morgan fingerprint density at radius 1 is 1.46 bits per heavy atom. The van der Waals surface area contributed by atoms with E-state index in [1.165, 1.54) is 0 Å². The summed E-state index contributed by atoms with van der Waals surface area (Å²) in [6.45, 7) is 2.52. The van der Waals surface area contributed by atoms with E-state index < -0.39 is 0 Å². The van der Waals surface area contributed by atoms with Crippen LogP contribution in [0.1, 0.15) is 24.1 Å². The third kappa shape index (κ3) is 2.21. The van der Waals surface area contributed by atoms with Gasteiger partial charge in [0, 0.05) is 17.6 Å².